The molecule has 0 spiro atoms. The number of pyridine rings is 1. The Balaban J connectivity index is 1.24. The maximum absolute atomic E-state index is 13.0. The van der Waals surface area contributed by atoms with Crippen LogP contribution < -0.4 is 11.1 Å². The van der Waals surface area contributed by atoms with Crippen molar-refractivity contribution in [3.8, 4) is 11.3 Å². The topological polar surface area (TPSA) is 159 Å². The number of aliphatic carboxylic acids is 1. The lowest BCUT2D eigenvalue weighted by Crippen LogP contribution is -2.59. The van der Waals surface area contributed by atoms with Gasteiger partial charge in [0, 0.05) is 54.8 Å². The fourth-order valence-electron chi connectivity index (χ4n) is 5.91. The highest BCUT2D eigenvalue weighted by Gasteiger charge is 2.39. The molecule has 2 amide bonds. The largest absolute Gasteiger partial charge is 0.480 e. The summed E-state index contributed by atoms with van der Waals surface area (Å²) < 4.78 is 41.0. The number of nitrogens with one attached hydrogen (secondary N) is 1. The number of nitrogens with zero attached hydrogens (tertiary/aromatic N) is 6. The van der Waals surface area contributed by atoms with Gasteiger partial charge in [-0.2, -0.15) is 13.2 Å². The molecular formula is C29H27F3N8O4. The lowest BCUT2D eigenvalue weighted by Gasteiger charge is -2.45. The van der Waals surface area contributed by atoms with Gasteiger partial charge in [0.25, 0.3) is 5.91 Å². The highest BCUT2D eigenvalue weighted by atomic mass is 19.4. The lowest BCUT2D eigenvalue weighted by atomic mass is 9.90. The first-order valence-corrected chi connectivity index (χ1v) is 13.8. The van der Waals surface area contributed by atoms with Gasteiger partial charge in [0.1, 0.15) is 28.7 Å². The van der Waals surface area contributed by atoms with Crippen molar-refractivity contribution in [1.29, 1.82) is 0 Å². The van der Waals surface area contributed by atoms with Crippen LogP contribution in [0.3, 0.4) is 0 Å². The minimum atomic E-state index is -4.57. The van der Waals surface area contributed by atoms with E-state index >= 15 is 0 Å². The van der Waals surface area contributed by atoms with Gasteiger partial charge in [0.15, 0.2) is 0 Å². The van der Waals surface area contributed by atoms with Gasteiger partial charge in [-0.05, 0) is 37.1 Å². The number of hydrogen-bond donors (Lipinski definition) is 3. The van der Waals surface area contributed by atoms with Crippen LogP contribution in [-0.4, -0.2) is 84.3 Å². The molecule has 0 bridgehead atoms. The number of fused-ring (bicyclic) bond motifs is 2. The van der Waals surface area contributed by atoms with E-state index in [-0.39, 0.29) is 48.2 Å². The van der Waals surface area contributed by atoms with Gasteiger partial charge < -0.3 is 21.1 Å². The summed E-state index contributed by atoms with van der Waals surface area (Å²) in [5.41, 5.74) is 7.28. The smallest absolute Gasteiger partial charge is 0.416 e. The molecule has 2 aliphatic rings. The van der Waals surface area contributed by atoms with E-state index in [0.717, 1.165) is 24.8 Å². The first-order valence-electron chi connectivity index (χ1n) is 13.8. The molecule has 0 aliphatic carbocycles. The number of hydrogen-bond acceptors (Lipinski definition) is 8. The lowest BCUT2D eigenvalue weighted by molar-refractivity contribution is -0.146. The molecule has 4 aromatic rings. The van der Waals surface area contributed by atoms with Crippen molar-refractivity contribution >= 4 is 34.9 Å². The van der Waals surface area contributed by atoms with Crippen molar-refractivity contribution < 1.29 is 32.7 Å². The summed E-state index contributed by atoms with van der Waals surface area (Å²) in [6, 6.07) is 7.88. The standard InChI is InChI=1S/C29H27F3N8O4/c30-29(31,32)19-7-8-34-21(11-19)36-28(44)17-3-1-16(2-4-17)24-25-26(33)35-9-10-39(25)27(37-24)18-5-6-20-13-38(15-23(42)43)14-22(41)40(20)12-18/h1-4,7-11,18,20H,5-6,12-15H2,(H2,33,35)(H,42,43)(H,34,36,44). The molecule has 228 valence electrons. The SMILES string of the molecule is Nc1nccn2c(C3CCC4CN(CC(=O)O)CC(=O)N4C3)nc(-c3ccc(C(=O)Nc4cc(C(F)(F)F)ccn4)cc3)c12. The van der Waals surface area contributed by atoms with E-state index < -0.39 is 23.6 Å². The van der Waals surface area contributed by atoms with Crippen molar-refractivity contribution in [2.45, 2.75) is 31.0 Å². The van der Waals surface area contributed by atoms with Crippen LogP contribution in [0, 0.1) is 0 Å². The van der Waals surface area contributed by atoms with Crippen LogP contribution in [0.25, 0.3) is 16.8 Å². The number of piperidine rings is 1. The van der Waals surface area contributed by atoms with E-state index in [9.17, 15) is 27.6 Å². The summed E-state index contributed by atoms with van der Waals surface area (Å²) in [5, 5.41) is 11.5. The fraction of sp³-hybridized carbons (Fsp3) is 0.310. The van der Waals surface area contributed by atoms with Crippen molar-refractivity contribution in [2.24, 2.45) is 0 Å². The molecule has 1 aromatic carbocycles. The molecule has 2 fully saturated rings. The Morgan fingerprint density at radius 1 is 1.07 bits per heavy atom. The number of carboxylic acids is 1. The fourth-order valence-corrected chi connectivity index (χ4v) is 5.91. The Labute approximate surface area is 248 Å². The number of imidazole rings is 1. The number of nitrogen functional groups attached to an aromatic ring is 1. The van der Waals surface area contributed by atoms with E-state index in [0.29, 0.717) is 42.1 Å². The molecule has 44 heavy (non-hydrogen) atoms. The zero-order chi connectivity index (χ0) is 31.2. The second-order valence-electron chi connectivity index (χ2n) is 10.8. The number of carbonyl (C=O) groups is 3. The number of anilines is 2. The highest BCUT2D eigenvalue weighted by molar-refractivity contribution is 6.04. The summed E-state index contributed by atoms with van der Waals surface area (Å²) in [4.78, 5) is 53.3. The summed E-state index contributed by atoms with van der Waals surface area (Å²) >= 11 is 0. The van der Waals surface area contributed by atoms with Crippen molar-refractivity contribution in [1.82, 2.24) is 29.2 Å². The number of benzene rings is 1. The number of nitrogens with two attached hydrogens (primary N) is 1. The first-order chi connectivity index (χ1) is 21.0. The molecule has 5 heterocycles. The maximum Gasteiger partial charge on any atom is 0.416 e. The number of carboxylic acid groups (broad SMARTS) is 1. The molecule has 0 radical (unpaired) electrons. The number of amides is 2. The van der Waals surface area contributed by atoms with E-state index in [1.165, 1.54) is 12.1 Å². The van der Waals surface area contributed by atoms with Crippen molar-refractivity contribution in [3.05, 3.63) is 71.9 Å². The quantitative estimate of drug-likeness (QED) is 0.299. The zero-order valence-electron chi connectivity index (χ0n) is 23.2. The molecule has 2 unspecified atom stereocenters. The third-order valence-corrected chi connectivity index (χ3v) is 7.94. The number of carbonyl (C=O) groups excluding carboxylic acids is 2. The number of piperazine rings is 1. The van der Waals surface area contributed by atoms with Crippen LogP contribution >= 0.6 is 0 Å². The third-order valence-electron chi connectivity index (χ3n) is 7.94. The molecule has 6 rings (SSSR count). The molecule has 2 aliphatic heterocycles. The van der Waals surface area contributed by atoms with Gasteiger partial charge in [-0.1, -0.05) is 12.1 Å². The number of aromatic nitrogens is 4. The highest BCUT2D eigenvalue weighted by Crippen LogP contribution is 2.36. The van der Waals surface area contributed by atoms with Crippen LogP contribution in [-0.2, 0) is 15.8 Å². The normalized spacial score (nSPS) is 19.2. The van der Waals surface area contributed by atoms with Gasteiger partial charge >= 0.3 is 12.1 Å². The number of halogens is 3. The molecule has 12 nitrogen and oxygen atoms in total. The summed E-state index contributed by atoms with van der Waals surface area (Å²) in [6.07, 6.45) is 1.12. The predicted octanol–water partition coefficient (Wildman–Crippen LogP) is 3.12. The molecule has 3 aromatic heterocycles. The average Bonchev–Trinajstić information content (AvgIpc) is 3.37. The number of alkyl halides is 3. The second kappa shape index (κ2) is 11.2. The van der Waals surface area contributed by atoms with Gasteiger partial charge in [-0.15, -0.1) is 0 Å². The molecule has 0 saturated carbocycles. The zero-order valence-corrected chi connectivity index (χ0v) is 23.2. The Hall–Kier alpha value is -5.05. The monoisotopic (exact) mass is 608 g/mol. The number of rotatable bonds is 6. The summed E-state index contributed by atoms with van der Waals surface area (Å²) in [7, 11) is 0. The van der Waals surface area contributed by atoms with E-state index in [1.54, 1.807) is 29.4 Å². The Bertz CT molecular complexity index is 1760. The molecule has 2 atom stereocenters. The van der Waals surface area contributed by atoms with Gasteiger partial charge in [-0.3, -0.25) is 23.7 Å². The molecule has 15 heteroatoms. The van der Waals surface area contributed by atoms with Crippen molar-refractivity contribution in [3.63, 3.8) is 0 Å². The van der Waals surface area contributed by atoms with Gasteiger partial charge in [0.05, 0.1) is 18.7 Å². The third kappa shape index (κ3) is 5.65. The second-order valence-corrected chi connectivity index (χ2v) is 10.8. The van der Waals surface area contributed by atoms with Gasteiger partial charge in [0.2, 0.25) is 5.91 Å². The molecule has 2 saturated heterocycles. The summed E-state index contributed by atoms with van der Waals surface area (Å²) in [5.74, 6) is -1.13. The van der Waals surface area contributed by atoms with Crippen LogP contribution in [0.2, 0.25) is 0 Å². The van der Waals surface area contributed by atoms with E-state index in [4.69, 9.17) is 15.8 Å². The first kappa shape index (κ1) is 29.0. The van der Waals surface area contributed by atoms with Crippen LogP contribution in [0.5, 0.6) is 0 Å². The minimum absolute atomic E-state index is 0.0454. The maximum atomic E-state index is 13.0. The summed E-state index contributed by atoms with van der Waals surface area (Å²) in [6.45, 7) is 0.791. The van der Waals surface area contributed by atoms with Crippen molar-refractivity contribution in [2.75, 3.05) is 37.2 Å². The average molecular weight is 609 g/mol. The predicted molar refractivity (Wildman–Crippen MR) is 152 cm³/mol. The Morgan fingerprint density at radius 2 is 1.84 bits per heavy atom. The van der Waals surface area contributed by atoms with Gasteiger partial charge in [-0.25, -0.2) is 15.0 Å². The molecule has 4 N–H and O–H groups in total. The van der Waals surface area contributed by atoms with E-state index in [2.05, 4.69) is 15.3 Å². The van der Waals surface area contributed by atoms with E-state index in [1.807, 2.05) is 9.30 Å². The Kier molecular flexibility index (Phi) is 7.41. The molecular weight excluding hydrogens is 581 g/mol. The Morgan fingerprint density at radius 3 is 2.57 bits per heavy atom. The van der Waals surface area contributed by atoms with Crippen LogP contribution in [0.4, 0.5) is 24.8 Å². The minimum Gasteiger partial charge on any atom is -0.480 e. The van der Waals surface area contributed by atoms with Crippen LogP contribution in [0.15, 0.2) is 55.0 Å². The van der Waals surface area contributed by atoms with Crippen LogP contribution in [0.1, 0.15) is 40.5 Å².